The predicted molar refractivity (Wildman–Crippen MR) is 129 cm³/mol. The van der Waals surface area contributed by atoms with Crippen LogP contribution in [-0.2, 0) is 6.42 Å². The summed E-state index contributed by atoms with van der Waals surface area (Å²) in [5, 5.41) is 9.38. The highest BCUT2D eigenvalue weighted by Gasteiger charge is 2.20. The first-order valence-corrected chi connectivity index (χ1v) is 11.2. The van der Waals surface area contributed by atoms with Gasteiger partial charge in [-0.25, -0.2) is 4.98 Å². The average molecular weight is 482 g/mol. The minimum atomic E-state index is -0.438. The number of thiophene rings is 1. The van der Waals surface area contributed by atoms with Gasteiger partial charge >= 0.3 is 0 Å². The smallest absolute Gasteiger partial charge is 0.257 e. The monoisotopic (exact) mass is 481 g/mol. The van der Waals surface area contributed by atoms with E-state index in [9.17, 15) is 9.59 Å². The molecule has 4 rings (SSSR count). The zero-order valence-electron chi connectivity index (χ0n) is 19.0. The third-order valence-electron chi connectivity index (χ3n) is 5.00. The third kappa shape index (κ3) is 4.50. The Kier molecular flexibility index (Phi) is 6.64. The summed E-state index contributed by atoms with van der Waals surface area (Å²) in [6.07, 6.45) is 0.573. The zero-order chi connectivity index (χ0) is 24.2. The van der Waals surface area contributed by atoms with Gasteiger partial charge in [0.1, 0.15) is 11.5 Å². The molecule has 0 saturated heterocycles. The fraction of sp³-hybridized carbons (Fsp3) is 0.217. The Balaban J connectivity index is 1.78. The molecule has 2 N–H and O–H groups in total. The summed E-state index contributed by atoms with van der Waals surface area (Å²) in [6.45, 7) is 1.90. The number of benzene rings is 1. The van der Waals surface area contributed by atoms with E-state index in [0.29, 0.717) is 40.9 Å². The van der Waals surface area contributed by atoms with E-state index in [1.807, 2.05) is 24.4 Å². The molecule has 0 saturated carbocycles. The van der Waals surface area contributed by atoms with Crippen LogP contribution in [0.5, 0.6) is 17.2 Å². The van der Waals surface area contributed by atoms with Crippen LogP contribution in [0.4, 0.5) is 5.82 Å². The normalized spacial score (nSPS) is 10.7. The number of hydrogen-bond acceptors (Lipinski definition) is 8. The van der Waals surface area contributed by atoms with Crippen molar-refractivity contribution in [1.29, 1.82) is 0 Å². The van der Waals surface area contributed by atoms with Gasteiger partial charge in [-0.3, -0.25) is 14.6 Å². The van der Waals surface area contributed by atoms with Crippen LogP contribution >= 0.6 is 11.3 Å². The van der Waals surface area contributed by atoms with Gasteiger partial charge in [-0.05, 0) is 30.0 Å². The molecule has 1 amide bonds. The highest BCUT2D eigenvalue weighted by atomic mass is 32.1. The van der Waals surface area contributed by atoms with Crippen LogP contribution in [0.3, 0.4) is 0 Å². The van der Waals surface area contributed by atoms with Gasteiger partial charge in [-0.2, -0.15) is 9.78 Å². The molecule has 0 spiro atoms. The van der Waals surface area contributed by atoms with E-state index >= 15 is 0 Å². The maximum absolute atomic E-state index is 13.2. The number of carbonyl (C=O) groups is 1. The summed E-state index contributed by atoms with van der Waals surface area (Å²) in [5.41, 5.74) is 1.20. The minimum absolute atomic E-state index is 0.201. The molecule has 0 aliphatic rings. The number of H-pyrrole nitrogens is 1. The molecule has 0 atom stereocenters. The maximum Gasteiger partial charge on any atom is 0.257 e. The van der Waals surface area contributed by atoms with Crippen LogP contribution in [0.2, 0.25) is 0 Å². The third-order valence-corrected chi connectivity index (χ3v) is 5.89. The number of rotatable bonds is 8. The van der Waals surface area contributed by atoms with E-state index in [1.54, 1.807) is 18.2 Å². The van der Waals surface area contributed by atoms with Gasteiger partial charge in [-0.15, -0.1) is 11.3 Å². The van der Waals surface area contributed by atoms with Crippen molar-refractivity contribution in [1.82, 2.24) is 19.7 Å². The average Bonchev–Trinajstić information content (AvgIpc) is 3.52. The van der Waals surface area contributed by atoms with Crippen molar-refractivity contribution in [2.24, 2.45) is 0 Å². The van der Waals surface area contributed by atoms with Gasteiger partial charge in [0.25, 0.3) is 11.5 Å². The second-order valence-corrected chi connectivity index (χ2v) is 8.03. The fourth-order valence-corrected chi connectivity index (χ4v) is 4.03. The summed E-state index contributed by atoms with van der Waals surface area (Å²) < 4.78 is 17.4. The topological polar surface area (TPSA) is 120 Å². The number of aromatic amines is 1. The molecule has 3 aromatic heterocycles. The number of carbonyl (C=O) groups excluding carboxylic acids is 1. The second kappa shape index (κ2) is 9.79. The molecular formula is C23H23N5O5S. The van der Waals surface area contributed by atoms with Gasteiger partial charge < -0.3 is 19.5 Å². The lowest BCUT2D eigenvalue weighted by Gasteiger charge is -2.14. The van der Waals surface area contributed by atoms with Gasteiger partial charge in [0, 0.05) is 23.4 Å². The summed E-state index contributed by atoms with van der Waals surface area (Å²) in [4.78, 5) is 33.5. The molecule has 11 heteroatoms. The quantitative estimate of drug-likeness (QED) is 0.395. The van der Waals surface area contributed by atoms with Crippen molar-refractivity contribution in [3.8, 4) is 33.8 Å². The molecule has 0 aliphatic carbocycles. The van der Waals surface area contributed by atoms with Gasteiger partial charge in [-0.1, -0.05) is 13.0 Å². The molecule has 0 fully saturated rings. The first kappa shape index (κ1) is 23.1. The van der Waals surface area contributed by atoms with Crippen LogP contribution in [-0.4, -0.2) is 47.0 Å². The Bertz CT molecular complexity index is 1350. The SMILES string of the molecule is CCc1cc(=O)[nH]c(-n2nc(-c3cccs3)cc2NC(=O)c2cc(OC)c(OC)c(OC)c2)n1. The predicted octanol–water partition coefficient (Wildman–Crippen LogP) is 3.52. The standard InChI is InChI=1S/C23H23N5O5S/c1-5-14-11-20(29)26-23(24-14)28-19(12-15(27-28)18-7-6-8-34-18)25-22(30)13-9-16(31-2)21(33-4)17(10-13)32-3/h6-12H,5H2,1-4H3,(H,25,30)(H,24,26,29). The van der Waals surface area contributed by atoms with E-state index < -0.39 is 5.91 Å². The first-order valence-electron chi connectivity index (χ1n) is 10.3. The summed E-state index contributed by atoms with van der Waals surface area (Å²) in [5.74, 6) is 1.17. The highest BCUT2D eigenvalue weighted by Crippen LogP contribution is 2.38. The Morgan fingerprint density at radius 3 is 2.44 bits per heavy atom. The van der Waals surface area contributed by atoms with Crippen molar-refractivity contribution < 1.29 is 19.0 Å². The van der Waals surface area contributed by atoms with Gasteiger partial charge in [0.05, 0.1) is 26.2 Å². The molecule has 1 aromatic carbocycles. The second-order valence-electron chi connectivity index (χ2n) is 7.09. The Morgan fingerprint density at radius 1 is 1.12 bits per heavy atom. The van der Waals surface area contributed by atoms with Crippen LogP contribution in [0.1, 0.15) is 23.0 Å². The van der Waals surface area contributed by atoms with Crippen LogP contribution in [0, 0.1) is 0 Å². The van der Waals surface area contributed by atoms with Crippen molar-refractivity contribution in [2.75, 3.05) is 26.6 Å². The molecule has 0 radical (unpaired) electrons. The molecule has 0 unspecified atom stereocenters. The summed E-state index contributed by atoms with van der Waals surface area (Å²) in [7, 11) is 4.44. The van der Waals surface area contributed by atoms with E-state index in [1.165, 1.54) is 43.4 Å². The summed E-state index contributed by atoms with van der Waals surface area (Å²) in [6, 6.07) is 10.1. The number of nitrogens with zero attached hydrogens (tertiary/aromatic N) is 3. The lowest BCUT2D eigenvalue weighted by Crippen LogP contribution is -2.19. The van der Waals surface area contributed by atoms with E-state index in [0.717, 1.165) is 4.88 Å². The Labute approximate surface area is 199 Å². The molecule has 0 aliphatic heterocycles. The number of aryl methyl sites for hydroxylation is 1. The first-order chi connectivity index (χ1) is 16.5. The molecule has 4 aromatic rings. The van der Waals surface area contributed by atoms with Crippen molar-refractivity contribution in [3.63, 3.8) is 0 Å². The van der Waals surface area contributed by atoms with Crippen LogP contribution < -0.4 is 25.1 Å². The largest absolute Gasteiger partial charge is 0.493 e. The van der Waals surface area contributed by atoms with Crippen molar-refractivity contribution >= 4 is 23.1 Å². The highest BCUT2D eigenvalue weighted by molar-refractivity contribution is 7.13. The number of hydrogen-bond donors (Lipinski definition) is 2. The zero-order valence-corrected chi connectivity index (χ0v) is 19.9. The number of methoxy groups -OCH3 is 3. The molecular weight excluding hydrogens is 458 g/mol. The van der Waals surface area contributed by atoms with E-state index in [2.05, 4.69) is 20.4 Å². The molecule has 176 valence electrons. The fourth-order valence-electron chi connectivity index (χ4n) is 3.35. The van der Waals surface area contributed by atoms with Gasteiger partial charge in [0.2, 0.25) is 11.7 Å². The summed E-state index contributed by atoms with van der Waals surface area (Å²) >= 11 is 1.51. The lowest BCUT2D eigenvalue weighted by atomic mass is 10.1. The number of nitrogens with one attached hydrogen (secondary N) is 2. The van der Waals surface area contributed by atoms with Crippen molar-refractivity contribution in [3.05, 3.63) is 63.4 Å². The Morgan fingerprint density at radius 2 is 1.85 bits per heavy atom. The molecule has 10 nitrogen and oxygen atoms in total. The van der Waals surface area contributed by atoms with E-state index in [-0.39, 0.29) is 17.1 Å². The van der Waals surface area contributed by atoms with Gasteiger partial charge in [0.15, 0.2) is 11.5 Å². The van der Waals surface area contributed by atoms with Crippen molar-refractivity contribution in [2.45, 2.75) is 13.3 Å². The number of anilines is 1. The van der Waals surface area contributed by atoms with Crippen LogP contribution in [0.15, 0.2) is 46.6 Å². The number of aromatic nitrogens is 4. The molecule has 3 heterocycles. The minimum Gasteiger partial charge on any atom is -0.493 e. The number of amides is 1. The Hall–Kier alpha value is -4.12. The van der Waals surface area contributed by atoms with E-state index in [4.69, 9.17) is 14.2 Å². The lowest BCUT2D eigenvalue weighted by molar-refractivity contribution is 0.102. The molecule has 0 bridgehead atoms. The van der Waals surface area contributed by atoms with Crippen LogP contribution in [0.25, 0.3) is 16.5 Å². The maximum atomic E-state index is 13.2. The molecule has 34 heavy (non-hydrogen) atoms. The number of ether oxygens (including phenoxy) is 3.